The fourth-order valence-electron chi connectivity index (χ4n) is 2.04. The van der Waals surface area contributed by atoms with Crippen LogP contribution in [-0.2, 0) is 6.42 Å². The van der Waals surface area contributed by atoms with Crippen LogP contribution < -0.4 is 5.43 Å². The molecule has 0 bridgehead atoms. The number of fused-ring (bicyclic) bond motifs is 1. The van der Waals surface area contributed by atoms with E-state index < -0.39 is 0 Å². The van der Waals surface area contributed by atoms with Crippen molar-refractivity contribution in [3.63, 3.8) is 0 Å². The van der Waals surface area contributed by atoms with Gasteiger partial charge in [-0.15, -0.1) is 0 Å². The summed E-state index contributed by atoms with van der Waals surface area (Å²) < 4.78 is 5.74. The van der Waals surface area contributed by atoms with Crippen molar-refractivity contribution in [1.29, 1.82) is 0 Å². The average Bonchev–Trinajstić information content (AvgIpc) is 2.42. The summed E-state index contributed by atoms with van der Waals surface area (Å²) in [4.78, 5) is 12.0. The quantitative estimate of drug-likeness (QED) is 0.703. The van der Waals surface area contributed by atoms with Crippen molar-refractivity contribution >= 4 is 22.6 Å². The Morgan fingerprint density at radius 2 is 1.74 bits per heavy atom. The van der Waals surface area contributed by atoms with Gasteiger partial charge in [-0.1, -0.05) is 35.9 Å². The van der Waals surface area contributed by atoms with E-state index in [1.165, 1.54) is 0 Å². The summed E-state index contributed by atoms with van der Waals surface area (Å²) in [6.07, 6.45) is 0.581. The van der Waals surface area contributed by atoms with Crippen LogP contribution in [0.5, 0.6) is 0 Å². The highest BCUT2D eigenvalue weighted by Gasteiger charge is 2.05. The van der Waals surface area contributed by atoms with Crippen LogP contribution in [-0.4, -0.2) is 0 Å². The second-order valence-corrected chi connectivity index (χ2v) is 4.81. The first-order chi connectivity index (χ1) is 9.22. The molecule has 3 aromatic rings. The van der Waals surface area contributed by atoms with Crippen LogP contribution in [0.3, 0.4) is 0 Å². The number of hydrogen-bond donors (Lipinski definition) is 0. The minimum Gasteiger partial charge on any atom is -0.460 e. The first-order valence-electron chi connectivity index (χ1n) is 5.98. The molecule has 0 unspecified atom stereocenters. The minimum atomic E-state index is -0.00851. The lowest BCUT2D eigenvalue weighted by Crippen LogP contribution is -2.02. The molecule has 0 spiro atoms. The Bertz CT molecular complexity index is 773. The molecule has 19 heavy (non-hydrogen) atoms. The van der Waals surface area contributed by atoms with Gasteiger partial charge in [0.1, 0.15) is 11.3 Å². The van der Waals surface area contributed by atoms with Crippen LogP contribution in [0.15, 0.2) is 63.8 Å². The summed E-state index contributed by atoms with van der Waals surface area (Å²) in [6, 6.07) is 16.3. The molecule has 1 aromatic heterocycles. The van der Waals surface area contributed by atoms with Crippen LogP contribution in [0.2, 0.25) is 5.02 Å². The zero-order valence-electron chi connectivity index (χ0n) is 10.1. The van der Waals surface area contributed by atoms with Gasteiger partial charge in [0.25, 0.3) is 0 Å². The highest BCUT2D eigenvalue weighted by molar-refractivity contribution is 6.30. The van der Waals surface area contributed by atoms with Gasteiger partial charge in [0.05, 0.1) is 5.39 Å². The monoisotopic (exact) mass is 270 g/mol. The van der Waals surface area contributed by atoms with Crippen LogP contribution >= 0.6 is 11.6 Å². The Labute approximate surface area is 115 Å². The molecule has 0 saturated carbocycles. The lowest BCUT2D eigenvalue weighted by atomic mass is 10.1. The Kier molecular flexibility index (Phi) is 3.10. The Hall–Kier alpha value is -2.06. The number of halogens is 1. The van der Waals surface area contributed by atoms with Crippen LogP contribution in [0.25, 0.3) is 11.0 Å². The third-order valence-electron chi connectivity index (χ3n) is 2.98. The number of rotatable bonds is 2. The van der Waals surface area contributed by atoms with Crippen LogP contribution in [0, 0.1) is 0 Å². The van der Waals surface area contributed by atoms with Gasteiger partial charge in [0.15, 0.2) is 5.43 Å². The fraction of sp³-hybridized carbons (Fsp3) is 0.0625. The summed E-state index contributed by atoms with van der Waals surface area (Å²) >= 11 is 5.84. The summed E-state index contributed by atoms with van der Waals surface area (Å²) in [5.41, 5.74) is 1.67. The van der Waals surface area contributed by atoms with Crippen molar-refractivity contribution < 1.29 is 4.42 Å². The maximum Gasteiger partial charge on any atom is 0.192 e. The molecule has 0 aliphatic heterocycles. The maximum absolute atomic E-state index is 12.0. The van der Waals surface area contributed by atoms with E-state index in [9.17, 15) is 4.79 Å². The van der Waals surface area contributed by atoms with E-state index in [1.54, 1.807) is 12.1 Å². The van der Waals surface area contributed by atoms with E-state index in [-0.39, 0.29) is 5.43 Å². The molecule has 0 radical (unpaired) electrons. The zero-order valence-corrected chi connectivity index (χ0v) is 10.9. The van der Waals surface area contributed by atoms with Gasteiger partial charge in [0, 0.05) is 17.5 Å². The van der Waals surface area contributed by atoms with Crippen LogP contribution in [0.1, 0.15) is 11.3 Å². The van der Waals surface area contributed by atoms with Crippen molar-refractivity contribution in [2.45, 2.75) is 6.42 Å². The lowest BCUT2D eigenvalue weighted by molar-refractivity contribution is 0.549. The van der Waals surface area contributed by atoms with Gasteiger partial charge in [-0.3, -0.25) is 4.79 Å². The fourth-order valence-corrected chi connectivity index (χ4v) is 2.17. The average molecular weight is 271 g/mol. The van der Waals surface area contributed by atoms with Crippen LogP contribution in [0.4, 0.5) is 0 Å². The van der Waals surface area contributed by atoms with Crippen molar-refractivity contribution in [3.8, 4) is 0 Å². The van der Waals surface area contributed by atoms with Crippen molar-refractivity contribution in [1.82, 2.24) is 0 Å². The standard InChI is InChI=1S/C16H11ClO2/c17-12-7-5-11(6-8-12)9-13-10-15(18)14-3-1-2-4-16(14)19-13/h1-8,10H,9H2. The Morgan fingerprint density at radius 1 is 1.00 bits per heavy atom. The third kappa shape index (κ3) is 2.54. The number of hydrogen-bond acceptors (Lipinski definition) is 2. The van der Waals surface area contributed by atoms with Crippen molar-refractivity contribution in [3.05, 3.63) is 81.2 Å². The first kappa shape index (κ1) is 12.0. The molecular weight excluding hydrogens is 260 g/mol. The summed E-state index contributed by atoms with van der Waals surface area (Å²) in [7, 11) is 0. The normalized spacial score (nSPS) is 10.8. The molecule has 94 valence electrons. The molecule has 1 heterocycles. The van der Waals surface area contributed by atoms with Gasteiger partial charge in [-0.25, -0.2) is 0 Å². The Balaban J connectivity index is 2.01. The maximum atomic E-state index is 12.0. The van der Waals surface area contributed by atoms with E-state index >= 15 is 0 Å². The van der Waals surface area contributed by atoms with Crippen molar-refractivity contribution in [2.75, 3.05) is 0 Å². The predicted octanol–water partition coefficient (Wildman–Crippen LogP) is 4.04. The van der Waals surface area contributed by atoms with E-state index in [0.717, 1.165) is 5.56 Å². The van der Waals surface area contributed by atoms with E-state index in [0.29, 0.717) is 28.2 Å². The second-order valence-electron chi connectivity index (χ2n) is 4.38. The summed E-state index contributed by atoms with van der Waals surface area (Å²) in [6.45, 7) is 0. The topological polar surface area (TPSA) is 30.2 Å². The highest BCUT2D eigenvalue weighted by Crippen LogP contribution is 2.16. The second kappa shape index (κ2) is 4.90. The van der Waals surface area contributed by atoms with E-state index in [1.807, 2.05) is 42.5 Å². The molecule has 3 rings (SSSR count). The Morgan fingerprint density at radius 3 is 2.53 bits per heavy atom. The summed E-state index contributed by atoms with van der Waals surface area (Å²) in [5, 5.41) is 1.31. The number of benzene rings is 2. The molecule has 0 aliphatic rings. The minimum absolute atomic E-state index is 0.00851. The predicted molar refractivity (Wildman–Crippen MR) is 76.7 cm³/mol. The highest BCUT2D eigenvalue weighted by atomic mass is 35.5. The molecule has 2 aromatic carbocycles. The van der Waals surface area contributed by atoms with Crippen molar-refractivity contribution in [2.24, 2.45) is 0 Å². The molecule has 2 nitrogen and oxygen atoms in total. The SMILES string of the molecule is O=c1cc(Cc2ccc(Cl)cc2)oc2ccccc12. The zero-order chi connectivity index (χ0) is 13.2. The molecule has 0 saturated heterocycles. The summed E-state index contributed by atoms with van der Waals surface area (Å²) in [5.74, 6) is 0.658. The molecule has 0 aliphatic carbocycles. The van der Waals surface area contributed by atoms with Gasteiger partial charge in [-0.2, -0.15) is 0 Å². The number of para-hydroxylation sites is 1. The molecule has 0 amide bonds. The molecule has 0 fully saturated rings. The third-order valence-corrected chi connectivity index (χ3v) is 3.23. The van der Waals surface area contributed by atoms with Gasteiger partial charge >= 0.3 is 0 Å². The van der Waals surface area contributed by atoms with Gasteiger partial charge < -0.3 is 4.42 Å². The largest absolute Gasteiger partial charge is 0.460 e. The lowest BCUT2D eigenvalue weighted by Gasteiger charge is -2.03. The van der Waals surface area contributed by atoms with Gasteiger partial charge in [-0.05, 0) is 29.8 Å². The molecule has 0 N–H and O–H groups in total. The smallest absolute Gasteiger partial charge is 0.192 e. The van der Waals surface area contributed by atoms with E-state index in [2.05, 4.69) is 0 Å². The first-order valence-corrected chi connectivity index (χ1v) is 6.36. The van der Waals surface area contributed by atoms with Gasteiger partial charge in [0.2, 0.25) is 0 Å². The molecule has 0 atom stereocenters. The van der Waals surface area contributed by atoms with E-state index in [4.69, 9.17) is 16.0 Å². The molecule has 3 heteroatoms. The molecular formula is C16H11ClO2.